The summed E-state index contributed by atoms with van der Waals surface area (Å²) in [7, 11) is 0. The van der Waals surface area contributed by atoms with E-state index in [0.717, 1.165) is 0 Å². The predicted octanol–water partition coefficient (Wildman–Crippen LogP) is 4.39. The van der Waals surface area contributed by atoms with Crippen LogP contribution in [0, 0.1) is 11.6 Å². The van der Waals surface area contributed by atoms with Crippen LogP contribution in [0.5, 0.6) is 0 Å². The van der Waals surface area contributed by atoms with Gasteiger partial charge in [0.15, 0.2) is 0 Å². The quantitative estimate of drug-likeness (QED) is 0.811. The maximum atomic E-state index is 13.8. The standard InChI is InChI=1S/C15H12BrF2NO/c1-2-19(14-6-4-3-5-13(14)18)15(20)10-7-8-12(17)11(16)9-10/h3-9H,2H2,1H3. The largest absolute Gasteiger partial charge is 0.306 e. The average Bonchev–Trinajstić information content (AvgIpc) is 2.44. The molecule has 1 amide bonds. The van der Waals surface area contributed by atoms with Crippen LogP contribution in [0.3, 0.4) is 0 Å². The summed E-state index contributed by atoms with van der Waals surface area (Å²) in [6, 6.07) is 10.0. The molecule has 0 bridgehead atoms. The molecule has 0 unspecified atom stereocenters. The molecule has 0 fully saturated rings. The molecule has 0 saturated heterocycles. The maximum absolute atomic E-state index is 13.8. The van der Waals surface area contributed by atoms with Gasteiger partial charge in [0, 0.05) is 12.1 Å². The minimum Gasteiger partial charge on any atom is -0.306 e. The van der Waals surface area contributed by atoms with Crippen molar-refractivity contribution in [1.82, 2.24) is 0 Å². The second-order valence-electron chi connectivity index (χ2n) is 4.13. The van der Waals surface area contributed by atoms with E-state index >= 15 is 0 Å². The molecule has 0 radical (unpaired) electrons. The molecule has 2 rings (SSSR count). The number of hydrogen-bond acceptors (Lipinski definition) is 1. The minimum atomic E-state index is -0.469. The fourth-order valence-electron chi connectivity index (χ4n) is 1.88. The molecule has 0 heterocycles. The number of benzene rings is 2. The number of hydrogen-bond donors (Lipinski definition) is 0. The van der Waals surface area contributed by atoms with Gasteiger partial charge in [0.1, 0.15) is 11.6 Å². The second kappa shape index (κ2) is 6.13. The molecule has 0 aromatic heterocycles. The number of carbonyl (C=O) groups excluding carboxylic acids is 1. The van der Waals surface area contributed by atoms with Crippen LogP contribution in [-0.2, 0) is 0 Å². The second-order valence-corrected chi connectivity index (χ2v) is 4.98. The highest BCUT2D eigenvalue weighted by atomic mass is 79.9. The summed E-state index contributed by atoms with van der Waals surface area (Å²) in [6.07, 6.45) is 0. The number of para-hydroxylation sites is 1. The maximum Gasteiger partial charge on any atom is 0.258 e. The Morgan fingerprint density at radius 2 is 1.85 bits per heavy atom. The topological polar surface area (TPSA) is 20.3 Å². The molecule has 0 aliphatic rings. The summed E-state index contributed by atoms with van der Waals surface area (Å²) < 4.78 is 27.2. The first kappa shape index (κ1) is 14.7. The Morgan fingerprint density at radius 1 is 1.15 bits per heavy atom. The Hall–Kier alpha value is -1.75. The Kier molecular flexibility index (Phi) is 4.49. The third-order valence-electron chi connectivity index (χ3n) is 2.87. The average molecular weight is 340 g/mol. The fourth-order valence-corrected chi connectivity index (χ4v) is 2.26. The summed E-state index contributed by atoms with van der Waals surface area (Å²) in [5.74, 6) is -1.29. The van der Waals surface area contributed by atoms with E-state index in [2.05, 4.69) is 15.9 Å². The van der Waals surface area contributed by atoms with Crippen LogP contribution in [0.4, 0.5) is 14.5 Å². The van der Waals surface area contributed by atoms with Crippen molar-refractivity contribution in [2.45, 2.75) is 6.92 Å². The van der Waals surface area contributed by atoms with Crippen LogP contribution in [0.2, 0.25) is 0 Å². The zero-order valence-corrected chi connectivity index (χ0v) is 12.3. The molecule has 2 aromatic carbocycles. The third kappa shape index (κ3) is 2.88. The first-order valence-corrected chi connectivity index (χ1v) is 6.85. The lowest BCUT2D eigenvalue weighted by Gasteiger charge is -2.21. The van der Waals surface area contributed by atoms with Crippen LogP contribution in [0.25, 0.3) is 0 Å². The van der Waals surface area contributed by atoms with Crippen LogP contribution < -0.4 is 4.90 Å². The third-order valence-corrected chi connectivity index (χ3v) is 3.48. The molecule has 2 nitrogen and oxygen atoms in total. The number of rotatable bonds is 3. The van der Waals surface area contributed by atoms with Crippen molar-refractivity contribution in [3.63, 3.8) is 0 Å². The lowest BCUT2D eigenvalue weighted by Crippen LogP contribution is -2.31. The van der Waals surface area contributed by atoms with E-state index in [1.54, 1.807) is 19.1 Å². The number of halogens is 3. The van der Waals surface area contributed by atoms with Gasteiger partial charge in [-0.05, 0) is 53.2 Å². The molecular formula is C15H12BrF2NO. The van der Waals surface area contributed by atoms with E-state index in [0.29, 0.717) is 12.1 Å². The Balaban J connectivity index is 2.39. The lowest BCUT2D eigenvalue weighted by molar-refractivity contribution is 0.0987. The zero-order valence-electron chi connectivity index (χ0n) is 10.7. The van der Waals surface area contributed by atoms with Crippen LogP contribution in [-0.4, -0.2) is 12.5 Å². The molecule has 0 spiro atoms. The van der Waals surface area contributed by atoms with Gasteiger partial charge in [-0.1, -0.05) is 12.1 Å². The lowest BCUT2D eigenvalue weighted by atomic mass is 10.1. The van der Waals surface area contributed by atoms with Crippen molar-refractivity contribution in [2.24, 2.45) is 0 Å². The van der Waals surface area contributed by atoms with Gasteiger partial charge in [0.25, 0.3) is 5.91 Å². The van der Waals surface area contributed by atoms with Crippen LogP contribution >= 0.6 is 15.9 Å². The molecular weight excluding hydrogens is 328 g/mol. The van der Waals surface area contributed by atoms with Gasteiger partial charge >= 0.3 is 0 Å². The number of carbonyl (C=O) groups is 1. The number of amides is 1. The van der Waals surface area contributed by atoms with Crippen molar-refractivity contribution in [1.29, 1.82) is 0 Å². The summed E-state index contributed by atoms with van der Waals surface area (Å²) in [4.78, 5) is 13.7. The van der Waals surface area contributed by atoms with Crippen molar-refractivity contribution in [2.75, 3.05) is 11.4 Å². The smallest absolute Gasteiger partial charge is 0.258 e. The Bertz CT molecular complexity index is 646. The molecule has 104 valence electrons. The molecule has 2 aromatic rings. The van der Waals surface area contributed by atoms with E-state index in [1.807, 2.05) is 0 Å². The van der Waals surface area contributed by atoms with E-state index in [9.17, 15) is 13.6 Å². The van der Waals surface area contributed by atoms with Crippen LogP contribution in [0.15, 0.2) is 46.9 Å². The summed E-state index contributed by atoms with van der Waals surface area (Å²) in [6.45, 7) is 2.07. The van der Waals surface area contributed by atoms with Crippen LogP contribution in [0.1, 0.15) is 17.3 Å². The van der Waals surface area contributed by atoms with Gasteiger partial charge in [0.2, 0.25) is 0 Å². The minimum absolute atomic E-state index is 0.202. The Labute approximate surface area is 124 Å². The van der Waals surface area contributed by atoms with Crippen molar-refractivity contribution in [3.8, 4) is 0 Å². The van der Waals surface area contributed by atoms with Gasteiger partial charge in [-0.2, -0.15) is 0 Å². The van der Waals surface area contributed by atoms with E-state index in [-0.39, 0.29) is 16.1 Å². The highest BCUT2D eigenvalue weighted by Crippen LogP contribution is 2.23. The summed E-state index contributed by atoms with van der Waals surface area (Å²) in [5, 5.41) is 0. The highest BCUT2D eigenvalue weighted by molar-refractivity contribution is 9.10. The fraction of sp³-hybridized carbons (Fsp3) is 0.133. The summed E-state index contributed by atoms with van der Waals surface area (Å²) >= 11 is 3.04. The van der Waals surface area contributed by atoms with E-state index in [4.69, 9.17) is 0 Å². The van der Waals surface area contributed by atoms with Crippen molar-refractivity contribution in [3.05, 3.63) is 64.1 Å². The summed E-state index contributed by atoms with van der Waals surface area (Å²) in [5.41, 5.74) is 0.504. The molecule has 5 heteroatoms. The van der Waals surface area contributed by atoms with Gasteiger partial charge in [-0.25, -0.2) is 8.78 Å². The first-order chi connectivity index (χ1) is 9.54. The molecule has 0 aliphatic heterocycles. The molecule has 0 saturated carbocycles. The molecule has 0 atom stereocenters. The SMILES string of the molecule is CCN(C(=O)c1ccc(F)c(Br)c1)c1ccccc1F. The number of anilines is 1. The normalized spacial score (nSPS) is 10.4. The highest BCUT2D eigenvalue weighted by Gasteiger charge is 2.19. The van der Waals surface area contributed by atoms with Gasteiger partial charge in [-0.15, -0.1) is 0 Å². The molecule has 20 heavy (non-hydrogen) atoms. The first-order valence-electron chi connectivity index (χ1n) is 6.06. The monoisotopic (exact) mass is 339 g/mol. The predicted molar refractivity (Wildman–Crippen MR) is 77.9 cm³/mol. The van der Waals surface area contributed by atoms with Gasteiger partial charge in [0.05, 0.1) is 10.2 Å². The molecule has 0 aliphatic carbocycles. The van der Waals surface area contributed by atoms with Gasteiger partial charge in [-0.3, -0.25) is 4.79 Å². The van der Waals surface area contributed by atoms with Gasteiger partial charge < -0.3 is 4.90 Å². The zero-order chi connectivity index (χ0) is 14.7. The van der Waals surface area contributed by atoms with Crippen molar-refractivity contribution >= 4 is 27.5 Å². The van der Waals surface area contributed by atoms with E-state index < -0.39 is 11.6 Å². The molecule has 0 N–H and O–H groups in total. The number of nitrogens with zero attached hydrogens (tertiary/aromatic N) is 1. The Morgan fingerprint density at radius 3 is 2.45 bits per heavy atom. The van der Waals surface area contributed by atoms with Crippen molar-refractivity contribution < 1.29 is 13.6 Å². The van der Waals surface area contributed by atoms with E-state index in [1.165, 1.54) is 35.2 Å².